The second kappa shape index (κ2) is 9.98. The van der Waals surface area contributed by atoms with Gasteiger partial charge in [-0.2, -0.15) is 0 Å². The van der Waals surface area contributed by atoms with E-state index in [0.29, 0.717) is 10.3 Å². The van der Waals surface area contributed by atoms with E-state index in [1.807, 2.05) is 6.07 Å². The van der Waals surface area contributed by atoms with Crippen LogP contribution < -0.4 is 0 Å². The van der Waals surface area contributed by atoms with Crippen LogP contribution >= 0.6 is 43.6 Å². The molecule has 0 aliphatic heterocycles. The molecule has 0 aliphatic carbocycles. The molecule has 2 aromatic rings. The van der Waals surface area contributed by atoms with Crippen LogP contribution in [0.25, 0.3) is 9.69 Å². The minimum atomic E-state index is -0.634. The van der Waals surface area contributed by atoms with Crippen molar-refractivity contribution in [3.05, 3.63) is 66.4 Å². The Morgan fingerprint density at radius 2 is 1.71 bits per heavy atom. The van der Waals surface area contributed by atoms with Gasteiger partial charge in [-0.25, -0.2) is 0 Å². The van der Waals surface area contributed by atoms with E-state index >= 15 is 0 Å². The minimum absolute atomic E-state index is 0.191. The normalized spacial score (nSPS) is 9.21. The van der Waals surface area contributed by atoms with Gasteiger partial charge < -0.3 is 9.69 Å². The largest absolute Gasteiger partial charge is 0.360 e. The number of thioether (sulfide) groups is 1. The van der Waals surface area contributed by atoms with Crippen LogP contribution in [0.3, 0.4) is 0 Å². The average Bonchev–Trinajstić information content (AvgIpc) is 2.56. The fourth-order valence-electron chi connectivity index (χ4n) is 1.40. The highest BCUT2D eigenvalue weighted by Gasteiger charge is 2.15. The van der Waals surface area contributed by atoms with Gasteiger partial charge >= 0.3 is 5.82 Å². The second-order valence-corrected chi connectivity index (χ2v) is 7.02. The summed E-state index contributed by atoms with van der Waals surface area (Å²) < 4.78 is 1.41. The summed E-state index contributed by atoms with van der Waals surface area (Å²) in [5, 5.41) is 10.3. The molecule has 0 saturated heterocycles. The number of aromatic nitrogens is 2. The Kier molecular flexibility index (Phi) is 8.33. The molecule has 0 aromatic carbocycles. The molecule has 0 unspecified atom stereocenters. The third kappa shape index (κ3) is 5.89. The van der Waals surface area contributed by atoms with Crippen LogP contribution in [0, 0.1) is 23.3 Å². The third-order valence-corrected chi connectivity index (χ3v) is 4.09. The Labute approximate surface area is 159 Å². The number of hydrogen-bond acceptors (Lipinski definition) is 5. The molecule has 0 bridgehead atoms. The Morgan fingerprint density at radius 1 is 1.17 bits per heavy atom. The number of rotatable bonds is 3. The van der Waals surface area contributed by atoms with Gasteiger partial charge in [-0.1, -0.05) is 20.1 Å². The molecule has 2 aromatic heterocycles. The maximum Gasteiger partial charge on any atom is 0.348 e. The van der Waals surface area contributed by atoms with Crippen molar-refractivity contribution in [2.24, 2.45) is 0 Å². The third-order valence-electron chi connectivity index (χ3n) is 2.32. The van der Waals surface area contributed by atoms with Gasteiger partial charge in [0.15, 0.2) is 0 Å². The Morgan fingerprint density at radius 3 is 2.21 bits per heavy atom. The summed E-state index contributed by atoms with van der Waals surface area (Å²) in [4.78, 5) is 24.5. The Bertz CT molecular complexity index is 833. The minimum Gasteiger partial charge on any atom is -0.360 e. The lowest BCUT2D eigenvalue weighted by molar-refractivity contribution is -0.384. The first-order valence-electron chi connectivity index (χ1n) is 6.26. The molecule has 0 radical (unpaired) electrons. The van der Waals surface area contributed by atoms with Crippen LogP contribution in [0.4, 0.5) is 17.3 Å². The van der Waals surface area contributed by atoms with E-state index in [0.717, 1.165) is 15.1 Å². The molecule has 7 nitrogen and oxygen atoms in total. The van der Waals surface area contributed by atoms with Gasteiger partial charge in [-0.15, -0.1) is 21.7 Å². The first kappa shape index (κ1) is 20.0. The predicted octanol–water partition coefficient (Wildman–Crippen LogP) is 5.81. The van der Waals surface area contributed by atoms with Crippen molar-refractivity contribution in [1.82, 2.24) is 9.97 Å². The average molecular weight is 471 g/mol. The maximum atomic E-state index is 10.3. The Hall–Kier alpha value is -2.01. The molecule has 0 amide bonds. The number of halogens is 2. The molecule has 0 atom stereocenters. The lowest BCUT2D eigenvalue weighted by atomic mass is 10.4. The zero-order chi connectivity index (χ0) is 18.1. The number of pyridine rings is 2. The van der Waals surface area contributed by atoms with Gasteiger partial charge in [0.05, 0.1) is 13.9 Å². The van der Waals surface area contributed by atoms with Crippen LogP contribution in [-0.2, 0) is 0 Å². The number of nitro groups is 1. The fourth-order valence-corrected chi connectivity index (χ4v) is 2.95. The highest BCUT2D eigenvalue weighted by molar-refractivity contribution is 9.10. The lowest BCUT2D eigenvalue weighted by Gasteiger charge is -1.99. The van der Waals surface area contributed by atoms with Crippen LogP contribution in [0.2, 0.25) is 0 Å². The molecule has 0 aliphatic rings. The van der Waals surface area contributed by atoms with Gasteiger partial charge in [-0.05, 0) is 43.7 Å². The first-order chi connectivity index (χ1) is 11.4. The van der Waals surface area contributed by atoms with E-state index in [2.05, 4.69) is 58.4 Å². The van der Waals surface area contributed by atoms with Crippen molar-refractivity contribution in [3.63, 3.8) is 0 Å². The summed E-state index contributed by atoms with van der Waals surface area (Å²) >= 11 is 7.98. The standard InChI is InChI=1S/C8H7BrN2S.C6H2BrN3O2/c1-3-12-7-4-6(9)5-11-8(7)10-2;1-8-6-5(10(11)12)2-4(7)3-9-6/h4-5H,3H2,1H3;2-3H. The zero-order valence-electron chi connectivity index (χ0n) is 12.2. The van der Waals surface area contributed by atoms with Gasteiger partial charge in [0, 0.05) is 11.0 Å². The molecule has 122 valence electrons. The van der Waals surface area contributed by atoms with Crippen LogP contribution in [0.15, 0.2) is 38.4 Å². The number of nitrogens with zero attached hydrogens (tertiary/aromatic N) is 5. The predicted molar refractivity (Wildman–Crippen MR) is 99.5 cm³/mol. The SMILES string of the molecule is [C-]#[N+]c1ncc(Br)cc1SCC.[C-]#[N+]c1ncc(Br)cc1[N+](=O)[O-]. The molecule has 24 heavy (non-hydrogen) atoms. The van der Waals surface area contributed by atoms with Crippen molar-refractivity contribution in [3.8, 4) is 0 Å². The van der Waals surface area contributed by atoms with E-state index in [4.69, 9.17) is 13.1 Å². The van der Waals surface area contributed by atoms with Gasteiger partial charge in [-0.3, -0.25) is 10.1 Å². The molecular weight excluding hydrogens is 462 g/mol. The van der Waals surface area contributed by atoms with Gasteiger partial charge in [0.1, 0.15) is 12.4 Å². The van der Waals surface area contributed by atoms with E-state index in [9.17, 15) is 10.1 Å². The first-order valence-corrected chi connectivity index (χ1v) is 8.83. The van der Waals surface area contributed by atoms with E-state index in [-0.39, 0.29) is 11.5 Å². The van der Waals surface area contributed by atoms with E-state index < -0.39 is 4.92 Å². The van der Waals surface area contributed by atoms with Gasteiger partial charge in [0.2, 0.25) is 0 Å². The smallest absolute Gasteiger partial charge is 0.348 e. The van der Waals surface area contributed by atoms with Crippen molar-refractivity contribution in [1.29, 1.82) is 0 Å². The summed E-state index contributed by atoms with van der Waals surface area (Å²) in [5.74, 6) is 1.26. The second-order valence-electron chi connectivity index (χ2n) is 3.89. The summed E-state index contributed by atoms with van der Waals surface area (Å²) in [6.07, 6.45) is 2.99. The summed E-state index contributed by atoms with van der Waals surface area (Å²) in [6, 6.07) is 3.18. The lowest BCUT2D eigenvalue weighted by Crippen LogP contribution is -1.89. The molecule has 2 heterocycles. The Balaban J connectivity index is 0.000000240. The quantitative estimate of drug-likeness (QED) is 0.245. The maximum absolute atomic E-state index is 10.3. The topological polar surface area (TPSA) is 77.6 Å². The highest BCUT2D eigenvalue weighted by Crippen LogP contribution is 2.29. The molecule has 0 saturated carbocycles. The summed E-state index contributed by atoms with van der Waals surface area (Å²) in [7, 11) is 0. The van der Waals surface area contributed by atoms with Crippen LogP contribution in [0.1, 0.15) is 6.92 Å². The van der Waals surface area contributed by atoms with Crippen molar-refractivity contribution < 1.29 is 4.92 Å². The summed E-state index contributed by atoms with van der Waals surface area (Å²) in [5.41, 5.74) is -0.278. The molecule has 0 fully saturated rings. The monoisotopic (exact) mass is 469 g/mol. The molecule has 2 rings (SSSR count). The molecule has 0 spiro atoms. The van der Waals surface area contributed by atoms with Gasteiger partial charge in [0.25, 0.3) is 11.5 Å². The number of hydrogen-bond donors (Lipinski definition) is 0. The van der Waals surface area contributed by atoms with E-state index in [1.165, 1.54) is 12.3 Å². The van der Waals surface area contributed by atoms with Crippen molar-refractivity contribution >= 4 is 60.9 Å². The van der Waals surface area contributed by atoms with Crippen LogP contribution in [0.5, 0.6) is 0 Å². The zero-order valence-corrected chi connectivity index (χ0v) is 16.2. The van der Waals surface area contributed by atoms with Crippen molar-refractivity contribution in [2.75, 3.05) is 5.75 Å². The van der Waals surface area contributed by atoms with Crippen LogP contribution in [-0.4, -0.2) is 20.6 Å². The van der Waals surface area contributed by atoms with Crippen molar-refractivity contribution in [2.45, 2.75) is 11.8 Å². The fraction of sp³-hybridized carbons (Fsp3) is 0.143. The van der Waals surface area contributed by atoms with E-state index in [1.54, 1.807) is 18.0 Å². The molecule has 0 N–H and O–H groups in total. The molecule has 10 heteroatoms. The highest BCUT2D eigenvalue weighted by atomic mass is 79.9. The summed E-state index contributed by atoms with van der Waals surface area (Å²) in [6.45, 7) is 15.5. The molecular formula is C14H9Br2N5O2S.